The molecule has 0 aromatic carbocycles. The minimum absolute atomic E-state index is 0.762. The van der Waals surface area contributed by atoms with Gasteiger partial charge in [-0.25, -0.2) is 0 Å². The SMILES string of the molecule is CCCN=CCC[SiH](OCCN(C)C)OCCN(C)C. The molecule has 5 nitrogen and oxygen atoms in total. The maximum atomic E-state index is 5.94. The highest BCUT2D eigenvalue weighted by Crippen LogP contribution is 2.01. The first-order valence-corrected chi connectivity index (χ1v) is 9.33. The van der Waals surface area contributed by atoms with Crippen LogP contribution in [0.25, 0.3) is 0 Å². The Morgan fingerprint density at radius 1 is 1.00 bits per heavy atom. The number of rotatable bonds is 13. The molecular weight excluding hydrogens is 270 g/mol. The Balaban J connectivity index is 3.90. The van der Waals surface area contributed by atoms with Crippen LogP contribution in [0.2, 0.25) is 6.04 Å². The fraction of sp³-hybridized carbons (Fsp3) is 0.929. The molecule has 0 spiro atoms. The van der Waals surface area contributed by atoms with Gasteiger partial charge in [0.25, 0.3) is 0 Å². The number of nitrogens with zero attached hydrogens (tertiary/aromatic N) is 3. The first-order chi connectivity index (χ1) is 9.56. The van der Waals surface area contributed by atoms with Crippen LogP contribution in [0.15, 0.2) is 4.99 Å². The van der Waals surface area contributed by atoms with Crippen molar-refractivity contribution in [2.45, 2.75) is 25.8 Å². The van der Waals surface area contributed by atoms with Crippen LogP contribution < -0.4 is 0 Å². The molecule has 120 valence electrons. The van der Waals surface area contributed by atoms with Gasteiger partial charge in [0, 0.05) is 32.8 Å². The molecule has 6 heteroatoms. The molecule has 0 fully saturated rings. The van der Waals surface area contributed by atoms with E-state index in [4.69, 9.17) is 8.85 Å². The van der Waals surface area contributed by atoms with Gasteiger partial charge in [-0.3, -0.25) is 4.99 Å². The molecule has 0 bridgehead atoms. The lowest BCUT2D eigenvalue weighted by atomic mass is 10.5. The molecule has 0 amide bonds. The highest BCUT2D eigenvalue weighted by atomic mass is 28.3. The Morgan fingerprint density at radius 2 is 1.55 bits per heavy atom. The molecule has 0 aromatic rings. The van der Waals surface area contributed by atoms with Gasteiger partial charge in [-0.1, -0.05) is 6.92 Å². The summed E-state index contributed by atoms with van der Waals surface area (Å²) < 4.78 is 11.9. The Hall–Kier alpha value is -0.273. The van der Waals surface area contributed by atoms with Crippen LogP contribution in [0, 0.1) is 0 Å². The van der Waals surface area contributed by atoms with E-state index in [-0.39, 0.29) is 0 Å². The van der Waals surface area contributed by atoms with E-state index in [9.17, 15) is 0 Å². The minimum atomic E-state index is -1.55. The third-order valence-corrected chi connectivity index (χ3v) is 4.72. The predicted molar refractivity (Wildman–Crippen MR) is 89.2 cm³/mol. The van der Waals surface area contributed by atoms with Gasteiger partial charge in [0.1, 0.15) is 0 Å². The van der Waals surface area contributed by atoms with Crippen LogP contribution in [0.4, 0.5) is 0 Å². The molecule has 20 heavy (non-hydrogen) atoms. The standard InChI is InChI=1S/C14H33N3O2Si/c1-6-8-15-9-7-14-20(18-12-10-16(2)3)19-13-11-17(4)5/h9,20H,6-8,10-14H2,1-5H3. The largest absolute Gasteiger partial charge is 0.395 e. The van der Waals surface area contributed by atoms with Crippen molar-refractivity contribution in [2.75, 3.05) is 61.0 Å². The summed E-state index contributed by atoms with van der Waals surface area (Å²) in [6.07, 6.45) is 4.10. The maximum Gasteiger partial charge on any atom is 0.321 e. The second kappa shape index (κ2) is 13.7. The number of hydrogen-bond donors (Lipinski definition) is 0. The molecule has 0 aliphatic rings. The lowest BCUT2D eigenvalue weighted by Gasteiger charge is -2.19. The Labute approximate surface area is 126 Å². The van der Waals surface area contributed by atoms with Gasteiger partial charge in [-0.05, 0) is 53.3 Å². The third-order valence-electron chi connectivity index (χ3n) is 2.70. The first-order valence-electron chi connectivity index (χ1n) is 7.57. The molecule has 0 rings (SSSR count). The minimum Gasteiger partial charge on any atom is -0.395 e. The number of likely N-dealkylation sites (N-methyl/N-ethyl adjacent to an activating group) is 2. The van der Waals surface area contributed by atoms with E-state index in [1.165, 1.54) is 0 Å². The summed E-state index contributed by atoms with van der Waals surface area (Å²) in [4.78, 5) is 8.61. The van der Waals surface area contributed by atoms with Crippen LogP contribution in [-0.2, 0) is 8.85 Å². The summed E-state index contributed by atoms with van der Waals surface area (Å²) in [6.45, 7) is 6.49. The van der Waals surface area contributed by atoms with Crippen molar-refractivity contribution in [1.29, 1.82) is 0 Å². The average molecular weight is 304 g/mol. The van der Waals surface area contributed by atoms with Gasteiger partial charge >= 0.3 is 9.28 Å². The van der Waals surface area contributed by atoms with Crippen LogP contribution in [0.1, 0.15) is 19.8 Å². The fourth-order valence-electron chi connectivity index (χ4n) is 1.47. The van der Waals surface area contributed by atoms with E-state index in [1.807, 2.05) is 6.21 Å². The van der Waals surface area contributed by atoms with E-state index >= 15 is 0 Å². The zero-order chi connectivity index (χ0) is 15.2. The Morgan fingerprint density at radius 3 is 2.00 bits per heavy atom. The summed E-state index contributed by atoms with van der Waals surface area (Å²) in [6, 6.07) is 1.01. The van der Waals surface area contributed by atoms with Gasteiger partial charge in [0.15, 0.2) is 0 Å². The molecule has 0 aliphatic heterocycles. The van der Waals surface area contributed by atoms with E-state index in [2.05, 4.69) is 49.9 Å². The lowest BCUT2D eigenvalue weighted by Crippen LogP contribution is -2.30. The smallest absolute Gasteiger partial charge is 0.321 e. The molecule has 0 atom stereocenters. The zero-order valence-corrected chi connectivity index (χ0v) is 15.1. The maximum absolute atomic E-state index is 5.94. The molecule has 0 saturated carbocycles. The molecule has 0 aliphatic carbocycles. The lowest BCUT2D eigenvalue weighted by molar-refractivity contribution is 0.169. The normalized spacial score (nSPS) is 12.4. The number of hydrogen-bond acceptors (Lipinski definition) is 5. The molecule has 0 radical (unpaired) electrons. The monoisotopic (exact) mass is 303 g/mol. The zero-order valence-electron chi connectivity index (χ0n) is 14.0. The van der Waals surface area contributed by atoms with Crippen molar-refractivity contribution in [2.24, 2.45) is 4.99 Å². The Kier molecular flexibility index (Phi) is 13.5. The summed E-state index contributed by atoms with van der Waals surface area (Å²) in [5.74, 6) is 0. The second-order valence-corrected chi connectivity index (χ2v) is 7.55. The fourth-order valence-corrected chi connectivity index (χ4v) is 3.06. The van der Waals surface area contributed by atoms with E-state index in [0.29, 0.717) is 0 Å². The molecular formula is C14H33N3O2Si. The van der Waals surface area contributed by atoms with Crippen molar-refractivity contribution in [3.63, 3.8) is 0 Å². The first kappa shape index (κ1) is 19.7. The van der Waals surface area contributed by atoms with Crippen molar-refractivity contribution in [3.8, 4) is 0 Å². The quantitative estimate of drug-likeness (QED) is 0.379. The van der Waals surface area contributed by atoms with Crippen LogP contribution in [0.5, 0.6) is 0 Å². The number of aliphatic imine (C=N–C) groups is 1. The third kappa shape index (κ3) is 14.1. The van der Waals surface area contributed by atoms with Crippen LogP contribution in [0.3, 0.4) is 0 Å². The summed E-state index contributed by atoms with van der Waals surface area (Å²) >= 11 is 0. The van der Waals surface area contributed by atoms with Crippen molar-refractivity contribution in [3.05, 3.63) is 0 Å². The topological polar surface area (TPSA) is 37.3 Å². The van der Waals surface area contributed by atoms with Crippen LogP contribution in [-0.4, -0.2) is 86.3 Å². The van der Waals surface area contributed by atoms with E-state index < -0.39 is 9.28 Å². The van der Waals surface area contributed by atoms with Gasteiger partial charge < -0.3 is 18.7 Å². The van der Waals surface area contributed by atoms with Gasteiger partial charge in [-0.15, -0.1) is 0 Å². The summed E-state index contributed by atoms with van der Waals surface area (Å²) in [5.41, 5.74) is 0. The van der Waals surface area contributed by atoms with Gasteiger partial charge in [0.05, 0.1) is 0 Å². The van der Waals surface area contributed by atoms with Gasteiger partial charge in [-0.2, -0.15) is 0 Å². The van der Waals surface area contributed by atoms with Crippen molar-refractivity contribution < 1.29 is 8.85 Å². The van der Waals surface area contributed by atoms with Crippen molar-refractivity contribution >= 4 is 15.5 Å². The van der Waals surface area contributed by atoms with Crippen LogP contribution >= 0.6 is 0 Å². The van der Waals surface area contributed by atoms with Gasteiger partial charge in [0.2, 0.25) is 0 Å². The molecule has 0 N–H and O–H groups in total. The molecule has 0 heterocycles. The second-order valence-electron chi connectivity index (χ2n) is 5.44. The predicted octanol–water partition coefficient (Wildman–Crippen LogP) is 1.23. The summed E-state index contributed by atoms with van der Waals surface area (Å²) in [7, 11) is 6.69. The molecule has 0 aromatic heterocycles. The van der Waals surface area contributed by atoms with Crippen molar-refractivity contribution in [1.82, 2.24) is 9.80 Å². The van der Waals surface area contributed by atoms with E-state index in [1.54, 1.807) is 0 Å². The highest BCUT2D eigenvalue weighted by Gasteiger charge is 2.12. The molecule has 0 unspecified atom stereocenters. The highest BCUT2D eigenvalue weighted by molar-refractivity contribution is 6.44. The molecule has 0 saturated heterocycles. The average Bonchev–Trinajstić information content (AvgIpc) is 2.37. The Bertz CT molecular complexity index is 224. The van der Waals surface area contributed by atoms with E-state index in [0.717, 1.165) is 51.7 Å². The summed E-state index contributed by atoms with van der Waals surface area (Å²) in [5, 5.41) is 0.